The number of nitriles is 1. The van der Waals surface area contributed by atoms with Crippen molar-refractivity contribution >= 4 is 32.8 Å². The van der Waals surface area contributed by atoms with Crippen LogP contribution in [-0.2, 0) is 20.2 Å². The Morgan fingerprint density at radius 2 is 2.00 bits per heavy atom. The summed E-state index contributed by atoms with van der Waals surface area (Å²) in [5, 5.41) is 14.8. The number of nitrogens with one attached hydrogen (secondary N) is 2. The van der Waals surface area contributed by atoms with Gasteiger partial charge in [0, 0.05) is 16.8 Å². The first-order valence-corrected chi connectivity index (χ1v) is 13.2. The van der Waals surface area contributed by atoms with Gasteiger partial charge in [-0.05, 0) is 60.8 Å². The monoisotopic (exact) mass is 469 g/mol. The normalized spacial score (nSPS) is 25.2. The van der Waals surface area contributed by atoms with Gasteiger partial charge in [0.2, 0.25) is 0 Å². The first kappa shape index (κ1) is 23.5. The minimum atomic E-state index is -3.04. The van der Waals surface area contributed by atoms with E-state index in [1.165, 1.54) is 0 Å². The van der Waals surface area contributed by atoms with Crippen LogP contribution in [0.5, 0.6) is 0 Å². The summed E-state index contributed by atoms with van der Waals surface area (Å²) in [7, 11) is -3.04. The van der Waals surface area contributed by atoms with Crippen molar-refractivity contribution in [2.45, 2.75) is 57.5 Å². The first-order chi connectivity index (χ1) is 15.5. The second-order valence-electron chi connectivity index (χ2n) is 10.1. The third-order valence-electron chi connectivity index (χ3n) is 6.99. The van der Waals surface area contributed by atoms with E-state index < -0.39 is 21.4 Å². The molecule has 1 amide bonds. The number of nitrogens with zero attached hydrogens (tertiary/aromatic N) is 2. The van der Waals surface area contributed by atoms with Crippen molar-refractivity contribution in [3.05, 3.63) is 35.4 Å². The summed E-state index contributed by atoms with van der Waals surface area (Å²) in [5.41, 5.74) is 9.81. The number of rotatable bonds is 4. The van der Waals surface area contributed by atoms with Gasteiger partial charge in [0.15, 0.2) is 5.84 Å². The number of carbonyl (C=O) groups is 1. The average molecular weight is 470 g/mol. The molecule has 1 saturated heterocycles. The molecule has 0 spiro atoms. The fraction of sp³-hybridized carbons (Fsp3) is 0.542. The number of aliphatic imine (C=N–C) groups is 1. The van der Waals surface area contributed by atoms with E-state index in [-0.39, 0.29) is 35.2 Å². The number of amides is 1. The Bertz CT molecular complexity index is 1160. The van der Waals surface area contributed by atoms with Crippen LogP contribution >= 0.6 is 0 Å². The molecule has 1 aromatic carbocycles. The summed E-state index contributed by atoms with van der Waals surface area (Å²) in [4.78, 5) is 17.0. The van der Waals surface area contributed by atoms with Gasteiger partial charge in [-0.2, -0.15) is 5.26 Å². The Kier molecular flexibility index (Phi) is 6.10. The fourth-order valence-corrected chi connectivity index (χ4v) is 6.13. The molecule has 2 aliphatic heterocycles. The molecule has 1 fully saturated rings. The highest BCUT2D eigenvalue weighted by Gasteiger charge is 2.36. The van der Waals surface area contributed by atoms with Crippen LogP contribution in [0.1, 0.15) is 57.1 Å². The van der Waals surface area contributed by atoms with Crippen LogP contribution in [-0.4, -0.2) is 44.3 Å². The molecule has 0 bridgehead atoms. The number of anilines is 1. The smallest absolute Gasteiger partial charge is 0.290 e. The Labute approximate surface area is 195 Å². The van der Waals surface area contributed by atoms with Gasteiger partial charge >= 0.3 is 0 Å². The highest BCUT2D eigenvalue weighted by Crippen LogP contribution is 2.41. The molecule has 8 nitrogen and oxygen atoms in total. The SMILES string of the molecule is CC1(C)CC=C(c2cc(C3(N)CCS(=O)(=O)CC3)ccc2NC(=O)C2=NCC(C#N)N2)CC1. The van der Waals surface area contributed by atoms with E-state index in [0.717, 1.165) is 36.0 Å². The van der Waals surface area contributed by atoms with Gasteiger partial charge in [0.1, 0.15) is 15.9 Å². The molecule has 1 atom stereocenters. The lowest BCUT2D eigenvalue weighted by Gasteiger charge is -2.35. The van der Waals surface area contributed by atoms with E-state index in [9.17, 15) is 13.2 Å². The van der Waals surface area contributed by atoms with Gasteiger partial charge < -0.3 is 16.4 Å². The number of hydrogen-bond donors (Lipinski definition) is 3. The largest absolute Gasteiger partial charge is 0.349 e. The molecule has 1 aliphatic carbocycles. The zero-order chi connectivity index (χ0) is 23.9. The summed E-state index contributed by atoms with van der Waals surface area (Å²) in [6, 6.07) is 7.32. The van der Waals surface area contributed by atoms with Gasteiger partial charge in [-0.1, -0.05) is 26.0 Å². The van der Waals surface area contributed by atoms with Crippen molar-refractivity contribution in [3.8, 4) is 6.07 Å². The maximum atomic E-state index is 12.8. The van der Waals surface area contributed by atoms with E-state index in [4.69, 9.17) is 11.0 Å². The molecular weight excluding hydrogens is 438 g/mol. The second-order valence-corrected chi connectivity index (χ2v) is 12.4. The van der Waals surface area contributed by atoms with Crippen molar-refractivity contribution < 1.29 is 13.2 Å². The molecule has 0 aromatic heterocycles. The Morgan fingerprint density at radius 1 is 1.27 bits per heavy atom. The second kappa shape index (κ2) is 8.58. The third-order valence-corrected chi connectivity index (χ3v) is 8.65. The summed E-state index contributed by atoms with van der Waals surface area (Å²) < 4.78 is 23.9. The molecule has 1 aromatic rings. The fourth-order valence-electron chi connectivity index (χ4n) is 4.57. The highest BCUT2D eigenvalue weighted by atomic mass is 32.2. The molecular formula is C24H31N5O3S. The minimum Gasteiger partial charge on any atom is -0.349 e. The highest BCUT2D eigenvalue weighted by molar-refractivity contribution is 7.91. The molecule has 4 N–H and O–H groups in total. The molecule has 176 valence electrons. The predicted molar refractivity (Wildman–Crippen MR) is 129 cm³/mol. The summed E-state index contributed by atoms with van der Waals surface area (Å²) >= 11 is 0. The number of allylic oxidation sites excluding steroid dienone is 2. The van der Waals surface area contributed by atoms with Gasteiger partial charge in [-0.25, -0.2) is 8.42 Å². The standard InChI is InChI=1S/C24H31N5O3S/c1-23(2)7-5-16(6-8-23)19-13-17(24(26)9-11-33(31,32)12-10-24)3-4-20(19)29-22(30)21-27-15-18(14-25)28-21/h3-5,13,18H,6-12,15,26H2,1-2H3,(H,27,28)(H,29,30). The van der Waals surface area contributed by atoms with Crippen molar-refractivity contribution in [2.24, 2.45) is 16.1 Å². The lowest BCUT2D eigenvalue weighted by Crippen LogP contribution is -2.44. The Morgan fingerprint density at radius 3 is 2.61 bits per heavy atom. The van der Waals surface area contributed by atoms with E-state index in [1.54, 1.807) is 0 Å². The van der Waals surface area contributed by atoms with Crippen molar-refractivity contribution in [1.82, 2.24) is 5.32 Å². The van der Waals surface area contributed by atoms with Crippen molar-refractivity contribution in [1.29, 1.82) is 5.26 Å². The van der Waals surface area contributed by atoms with Crippen LogP contribution in [0.2, 0.25) is 0 Å². The molecule has 33 heavy (non-hydrogen) atoms. The zero-order valence-electron chi connectivity index (χ0n) is 19.1. The summed E-state index contributed by atoms with van der Waals surface area (Å²) in [6.07, 6.45) is 5.82. The van der Waals surface area contributed by atoms with Crippen molar-refractivity contribution in [3.63, 3.8) is 0 Å². The lowest BCUT2D eigenvalue weighted by atomic mass is 9.76. The van der Waals surface area contributed by atoms with E-state index in [1.807, 2.05) is 18.2 Å². The van der Waals surface area contributed by atoms with Crippen LogP contribution in [0, 0.1) is 16.7 Å². The molecule has 9 heteroatoms. The topological polar surface area (TPSA) is 137 Å². The molecule has 3 aliphatic rings. The van der Waals surface area contributed by atoms with Crippen LogP contribution in [0.3, 0.4) is 0 Å². The van der Waals surface area contributed by atoms with E-state index >= 15 is 0 Å². The van der Waals surface area contributed by atoms with Crippen LogP contribution in [0.4, 0.5) is 5.69 Å². The number of carbonyl (C=O) groups excluding carboxylic acids is 1. The average Bonchev–Trinajstić information content (AvgIpc) is 3.26. The maximum Gasteiger partial charge on any atom is 0.290 e. The molecule has 0 radical (unpaired) electrons. The third kappa shape index (κ3) is 5.12. The lowest BCUT2D eigenvalue weighted by molar-refractivity contribution is -0.110. The first-order valence-electron chi connectivity index (χ1n) is 11.4. The quantitative estimate of drug-likeness (QED) is 0.619. The van der Waals surface area contributed by atoms with E-state index in [2.05, 4.69) is 41.6 Å². The summed E-state index contributed by atoms with van der Waals surface area (Å²) in [6.45, 7) is 4.74. The Balaban J connectivity index is 1.66. The van der Waals surface area contributed by atoms with Crippen LogP contribution in [0.25, 0.3) is 5.57 Å². The number of benzene rings is 1. The maximum absolute atomic E-state index is 12.8. The van der Waals surface area contributed by atoms with E-state index in [0.29, 0.717) is 18.5 Å². The number of sulfone groups is 1. The molecule has 4 rings (SSSR count). The minimum absolute atomic E-state index is 0.0831. The zero-order valence-corrected chi connectivity index (χ0v) is 20.0. The van der Waals surface area contributed by atoms with Gasteiger partial charge in [-0.15, -0.1) is 0 Å². The van der Waals surface area contributed by atoms with Gasteiger partial charge in [-0.3, -0.25) is 9.79 Å². The molecule has 1 unspecified atom stereocenters. The van der Waals surface area contributed by atoms with Crippen molar-refractivity contribution in [2.75, 3.05) is 23.4 Å². The number of amidine groups is 1. The number of hydrogen-bond acceptors (Lipinski definition) is 7. The Hall–Kier alpha value is -2.70. The van der Waals surface area contributed by atoms with Gasteiger partial charge in [0.25, 0.3) is 5.91 Å². The predicted octanol–water partition coefficient (Wildman–Crippen LogP) is 2.48. The van der Waals surface area contributed by atoms with Crippen LogP contribution < -0.4 is 16.4 Å². The molecule has 2 heterocycles. The number of nitrogens with two attached hydrogens (primary N) is 1. The van der Waals surface area contributed by atoms with Crippen LogP contribution in [0.15, 0.2) is 29.3 Å². The summed E-state index contributed by atoms with van der Waals surface area (Å²) in [5.74, 6) is -0.0627. The van der Waals surface area contributed by atoms with Gasteiger partial charge in [0.05, 0.1) is 24.1 Å². The molecule has 0 saturated carbocycles.